The van der Waals surface area contributed by atoms with Gasteiger partial charge in [0, 0.05) is 19.1 Å². The van der Waals surface area contributed by atoms with Gasteiger partial charge >= 0.3 is 0 Å². The molecule has 0 aromatic heterocycles. The molecule has 0 aliphatic rings. The molecular weight excluding hydrogens is 264 g/mol. The standard InChI is InChI=1S/C18H28O3/c1-4-11-18(5-2,15-21-16-19-3)12-13-20-14-17-9-7-6-8-10-17/h4,6-11H,5,12-16H2,1-3H3/b11-4+/t18-/m1/s1. The first kappa shape index (κ1) is 17.9. The highest BCUT2D eigenvalue weighted by molar-refractivity contribution is 5.13. The van der Waals surface area contributed by atoms with Gasteiger partial charge in [-0.25, -0.2) is 0 Å². The first-order chi connectivity index (χ1) is 10.3. The van der Waals surface area contributed by atoms with Crippen molar-refractivity contribution >= 4 is 0 Å². The average Bonchev–Trinajstić information content (AvgIpc) is 2.53. The van der Waals surface area contributed by atoms with Crippen LogP contribution in [0.4, 0.5) is 0 Å². The lowest BCUT2D eigenvalue weighted by atomic mass is 9.82. The molecule has 0 spiro atoms. The van der Waals surface area contributed by atoms with Gasteiger partial charge in [0.05, 0.1) is 13.2 Å². The van der Waals surface area contributed by atoms with E-state index in [1.54, 1.807) is 7.11 Å². The Labute approximate surface area is 128 Å². The summed E-state index contributed by atoms with van der Waals surface area (Å²) in [5.74, 6) is 0. The highest BCUT2D eigenvalue weighted by Gasteiger charge is 2.25. The first-order valence-corrected chi connectivity index (χ1v) is 7.58. The zero-order valence-electron chi connectivity index (χ0n) is 13.5. The zero-order valence-corrected chi connectivity index (χ0v) is 13.5. The largest absolute Gasteiger partial charge is 0.377 e. The first-order valence-electron chi connectivity index (χ1n) is 7.58. The van der Waals surface area contributed by atoms with E-state index in [0.29, 0.717) is 20.0 Å². The van der Waals surface area contributed by atoms with Gasteiger partial charge in [-0.2, -0.15) is 0 Å². The molecule has 0 unspecified atom stereocenters. The number of methoxy groups -OCH3 is 1. The Kier molecular flexibility index (Phi) is 8.99. The molecule has 3 nitrogen and oxygen atoms in total. The quantitative estimate of drug-likeness (QED) is 0.348. The van der Waals surface area contributed by atoms with E-state index < -0.39 is 0 Å². The summed E-state index contributed by atoms with van der Waals surface area (Å²) in [4.78, 5) is 0. The van der Waals surface area contributed by atoms with E-state index in [9.17, 15) is 0 Å². The van der Waals surface area contributed by atoms with E-state index in [2.05, 4.69) is 31.2 Å². The Morgan fingerprint density at radius 2 is 1.90 bits per heavy atom. The molecule has 0 aliphatic carbocycles. The molecular formula is C18H28O3. The SMILES string of the molecule is C/C=C/[C@](CC)(CCOCc1ccccc1)COCOC. The fraction of sp³-hybridized carbons (Fsp3) is 0.556. The van der Waals surface area contributed by atoms with Crippen molar-refractivity contribution in [2.75, 3.05) is 27.1 Å². The summed E-state index contributed by atoms with van der Waals surface area (Å²) in [5, 5.41) is 0. The van der Waals surface area contributed by atoms with Crippen LogP contribution in [-0.2, 0) is 20.8 Å². The van der Waals surface area contributed by atoms with Crippen molar-refractivity contribution in [2.45, 2.75) is 33.3 Å². The van der Waals surface area contributed by atoms with Crippen molar-refractivity contribution in [3.8, 4) is 0 Å². The molecule has 1 aromatic rings. The second-order valence-corrected chi connectivity index (χ2v) is 5.26. The Morgan fingerprint density at radius 3 is 2.52 bits per heavy atom. The lowest BCUT2D eigenvalue weighted by molar-refractivity contribution is -0.0619. The number of ether oxygens (including phenoxy) is 3. The summed E-state index contributed by atoms with van der Waals surface area (Å²) in [6.45, 7) is 6.62. The molecule has 0 aliphatic heterocycles. The molecule has 0 saturated carbocycles. The normalized spacial score (nSPS) is 14.4. The van der Waals surface area contributed by atoms with Gasteiger partial charge in [-0.3, -0.25) is 0 Å². The predicted octanol–water partition coefficient (Wildman–Crippen LogP) is 4.19. The van der Waals surface area contributed by atoms with Gasteiger partial charge < -0.3 is 14.2 Å². The van der Waals surface area contributed by atoms with Crippen LogP contribution in [0.1, 0.15) is 32.3 Å². The Balaban J connectivity index is 2.41. The van der Waals surface area contributed by atoms with Crippen LogP contribution in [0.15, 0.2) is 42.5 Å². The fourth-order valence-corrected chi connectivity index (χ4v) is 2.32. The highest BCUT2D eigenvalue weighted by atomic mass is 16.7. The number of rotatable bonds is 11. The highest BCUT2D eigenvalue weighted by Crippen LogP contribution is 2.29. The molecule has 3 heteroatoms. The van der Waals surface area contributed by atoms with Gasteiger partial charge in [-0.05, 0) is 25.3 Å². The van der Waals surface area contributed by atoms with E-state index in [1.807, 2.05) is 25.1 Å². The topological polar surface area (TPSA) is 27.7 Å². The van der Waals surface area contributed by atoms with Gasteiger partial charge in [0.25, 0.3) is 0 Å². The average molecular weight is 292 g/mol. The molecule has 1 aromatic carbocycles. The minimum absolute atomic E-state index is 0.0317. The van der Waals surface area contributed by atoms with Crippen LogP contribution < -0.4 is 0 Å². The molecule has 0 bridgehead atoms. The van der Waals surface area contributed by atoms with Gasteiger partial charge in [0.15, 0.2) is 0 Å². The molecule has 21 heavy (non-hydrogen) atoms. The lowest BCUT2D eigenvalue weighted by Gasteiger charge is -2.29. The van der Waals surface area contributed by atoms with E-state index in [1.165, 1.54) is 5.56 Å². The van der Waals surface area contributed by atoms with Crippen molar-refractivity contribution in [3.05, 3.63) is 48.0 Å². The summed E-state index contributed by atoms with van der Waals surface area (Å²) in [5.41, 5.74) is 1.24. The summed E-state index contributed by atoms with van der Waals surface area (Å²) < 4.78 is 16.4. The lowest BCUT2D eigenvalue weighted by Crippen LogP contribution is -2.26. The number of benzene rings is 1. The number of allylic oxidation sites excluding steroid dienone is 1. The monoisotopic (exact) mass is 292 g/mol. The Bertz CT molecular complexity index is 389. The maximum Gasteiger partial charge on any atom is 0.146 e. The van der Waals surface area contributed by atoms with Crippen LogP contribution in [-0.4, -0.2) is 27.1 Å². The summed E-state index contributed by atoms with van der Waals surface area (Å²) in [6, 6.07) is 10.3. The smallest absolute Gasteiger partial charge is 0.146 e. The van der Waals surface area contributed by atoms with Crippen molar-refractivity contribution in [2.24, 2.45) is 5.41 Å². The van der Waals surface area contributed by atoms with Crippen LogP contribution in [0.3, 0.4) is 0 Å². The summed E-state index contributed by atoms with van der Waals surface area (Å²) in [7, 11) is 1.65. The van der Waals surface area contributed by atoms with E-state index >= 15 is 0 Å². The van der Waals surface area contributed by atoms with Gasteiger partial charge in [0.1, 0.15) is 6.79 Å². The van der Waals surface area contributed by atoms with Crippen molar-refractivity contribution < 1.29 is 14.2 Å². The predicted molar refractivity (Wildman–Crippen MR) is 86.1 cm³/mol. The molecule has 0 amide bonds. The number of hydrogen-bond donors (Lipinski definition) is 0. The van der Waals surface area contributed by atoms with E-state index in [4.69, 9.17) is 14.2 Å². The van der Waals surface area contributed by atoms with Crippen molar-refractivity contribution in [3.63, 3.8) is 0 Å². The summed E-state index contributed by atoms with van der Waals surface area (Å²) >= 11 is 0. The third kappa shape index (κ3) is 6.89. The van der Waals surface area contributed by atoms with Gasteiger partial charge in [0.2, 0.25) is 0 Å². The molecule has 0 N–H and O–H groups in total. The minimum Gasteiger partial charge on any atom is -0.377 e. The molecule has 0 fully saturated rings. The van der Waals surface area contributed by atoms with Crippen molar-refractivity contribution in [1.82, 2.24) is 0 Å². The molecule has 0 heterocycles. The molecule has 1 rings (SSSR count). The second-order valence-electron chi connectivity index (χ2n) is 5.26. The van der Waals surface area contributed by atoms with E-state index in [-0.39, 0.29) is 5.41 Å². The summed E-state index contributed by atoms with van der Waals surface area (Å²) in [6.07, 6.45) is 6.30. The Hall–Kier alpha value is -1.16. The third-order valence-corrected chi connectivity index (χ3v) is 3.67. The van der Waals surface area contributed by atoms with Crippen LogP contribution in [0.5, 0.6) is 0 Å². The minimum atomic E-state index is 0.0317. The number of hydrogen-bond acceptors (Lipinski definition) is 3. The van der Waals surface area contributed by atoms with Crippen LogP contribution in [0.2, 0.25) is 0 Å². The molecule has 0 saturated heterocycles. The maximum atomic E-state index is 5.81. The Morgan fingerprint density at radius 1 is 1.14 bits per heavy atom. The second kappa shape index (κ2) is 10.6. The molecule has 0 radical (unpaired) electrons. The third-order valence-electron chi connectivity index (χ3n) is 3.67. The van der Waals surface area contributed by atoms with Crippen LogP contribution in [0, 0.1) is 5.41 Å². The van der Waals surface area contributed by atoms with Crippen molar-refractivity contribution in [1.29, 1.82) is 0 Å². The fourth-order valence-electron chi connectivity index (χ4n) is 2.32. The van der Waals surface area contributed by atoms with E-state index in [0.717, 1.165) is 19.4 Å². The van der Waals surface area contributed by atoms with Crippen LogP contribution >= 0.6 is 0 Å². The van der Waals surface area contributed by atoms with Crippen LogP contribution in [0.25, 0.3) is 0 Å². The molecule has 1 atom stereocenters. The molecule has 118 valence electrons. The maximum absolute atomic E-state index is 5.81. The van der Waals surface area contributed by atoms with Gasteiger partial charge in [-0.1, -0.05) is 49.4 Å². The van der Waals surface area contributed by atoms with Gasteiger partial charge in [-0.15, -0.1) is 0 Å². The zero-order chi connectivity index (χ0) is 15.4.